The fourth-order valence-corrected chi connectivity index (χ4v) is 3.70. The molecule has 0 aliphatic heterocycles. The van der Waals surface area contributed by atoms with E-state index in [1.807, 2.05) is 31.2 Å². The van der Waals surface area contributed by atoms with Crippen molar-refractivity contribution in [3.8, 4) is 5.75 Å². The highest BCUT2D eigenvalue weighted by molar-refractivity contribution is 5.88. The molecule has 1 fully saturated rings. The third-order valence-electron chi connectivity index (χ3n) is 5.65. The van der Waals surface area contributed by atoms with Gasteiger partial charge >= 0.3 is 0 Å². The number of carbonyl (C=O) groups excluding carboxylic acids is 2. The lowest BCUT2D eigenvalue weighted by atomic mass is 10.1. The lowest BCUT2D eigenvalue weighted by Crippen LogP contribution is -2.50. The van der Waals surface area contributed by atoms with Crippen molar-refractivity contribution in [1.29, 1.82) is 0 Å². The molecule has 1 aliphatic rings. The van der Waals surface area contributed by atoms with Crippen LogP contribution < -0.4 is 10.1 Å². The normalized spacial score (nSPS) is 14.9. The van der Waals surface area contributed by atoms with Crippen LogP contribution in [0.3, 0.4) is 0 Å². The van der Waals surface area contributed by atoms with Crippen LogP contribution in [0.4, 0.5) is 4.39 Å². The Morgan fingerprint density at radius 2 is 1.80 bits per heavy atom. The van der Waals surface area contributed by atoms with Crippen LogP contribution in [-0.2, 0) is 16.1 Å². The van der Waals surface area contributed by atoms with Crippen molar-refractivity contribution in [2.45, 2.75) is 58.2 Å². The number of hydrogen-bond donors (Lipinski definition) is 1. The number of nitrogens with one attached hydrogen (secondary N) is 1. The number of benzene rings is 2. The first-order valence-electron chi connectivity index (χ1n) is 10.5. The Morgan fingerprint density at radius 3 is 2.47 bits per heavy atom. The van der Waals surface area contributed by atoms with Crippen molar-refractivity contribution in [2.24, 2.45) is 0 Å². The van der Waals surface area contributed by atoms with Crippen molar-refractivity contribution >= 4 is 11.8 Å². The standard InChI is InChI=1S/C24H29FN2O3/c1-17-7-3-4-8-19(17)15-27(18(2)24(29)26-21-9-5-6-10-21)23(28)16-30-22-13-11-20(25)12-14-22/h3-4,7-8,11-14,18,21H,5-6,9-10,15-16H2,1-2H3,(H,26,29). The SMILES string of the molecule is Cc1ccccc1CN(C(=O)COc1ccc(F)cc1)C(C)C(=O)NC1CCCC1. The zero-order valence-electron chi connectivity index (χ0n) is 17.6. The average Bonchev–Trinajstić information content (AvgIpc) is 3.25. The predicted octanol–water partition coefficient (Wildman–Crippen LogP) is 3.99. The van der Waals surface area contributed by atoms with Gasteiger partial charge in [-0.05, 0) is 62.1 Å². The molecule has 1 atom stereocenters. The van der Waals surface area contributed by atoms with E-state index in [0.717, 1.165) is 36.8 Å². The average molecular weight is 413 g/mol. The van der Waals surface area contributed by atoms with Crippen LogP contribution in [0.5, 0.6) is 5.75 Å². The van der Waals surface area contributed by atoms with Gasteiger partial charge in [0.1, 0.15) is 17.6 Å². The molecule has 30 heavy (non-hydrogen) atoms. The minimum Gasteiger partial charge on any atom is -0.484 e. The monoisotopic (exact) mass is 412 g/mol. The number of amides is 2. The van der Waals surface area contributed by atoms with Gasteiger partial charge in [0.15, 0.2) is 6.61 Å². The highest BCUT2D eigenvalue weighted by Crippen LogP contribution is 2.19. The first kappa shape index (κ1) is 21.8. The summed E-state index contributed by atoms with van der Waals surface area (Å²) in [5.74, 6) is -0.405. The molecule has 1 unspecified atom stereocenters. The first-order valence-corrected chi connectivity index (χ1v) is 10.5. The van der Waals surface area contributed by atoms with E-state index in [-0.39, 0.29) is 30.3 Å². The minimum absolute atomic E-state index is 0.148. The maximum atomic E-state index is 13.1. The van der Waals surface area contributed by atoms with Crippen LogP contribution in [0.25, 0.3) is 0 Å². The second-order valence-corrected chi connectivity index (χ2v) is 7.86. The van der Waals surface area contributed by atoms with Gasteiger partial charge in [0, 0.05) is 12.6 Å². The minimum atomic E-state index is -0.630. The highest BCUT2D eigenvalue weighted by atomic mass is 19.1. The number of rotatable bonds is 8. The summed E-state index contributed by atoms with van der Waals surface area (Å²) in [5, 5.41) is 3.08. The maximum Gasteiger partial charge on any atom is 0.261 e. The molecule has 1 N–H and O–H groups in total. The van der Waals surface area contributed by atoms with E-state index in [4.69, 9.17) is 4.74 Å². The molecule has 5 nitrogen and oxygen atoms in total. The van der Waals surface area contributed by atoms with E-state index in [1.165, 1.54) is 24.3 Å². The number of hydrogen-bond acceptors (Lipinski definition) is 3. The molecule has 2 aromatic rings. The molecule has 1 saturated carbocycles. The number of halogens is 1. The van der Waals surface area contributed by atoms with Crippen LogP contribution in [-0.4, -0.2) is 35.4 Å². The molecule has 6 heteroatoms. The zero-order valence-corrected chi connectivity index (χ0v) is 17.6. The van der Waals surface area contributed by atoms with Gasteiger partial charge in [0.2, 0.25) is 5.91 Å². The second-order valence-electron chi connectivity index (χ2n) is 7.86. The number of ether oxygens (including phenoxy) is 1. The smallest absolute Gasteiger partial charge is 0.261 e. The van der Waals surface area contributed by atoms with Crippen LogP contribution in [0.15, 0.2) is 48.5 Å². The lowest BCUT2D eigenvalue weighted by Gasteiger charge is -2.30. The molecule has 1 aliphatic carbocycles. The molecule has 2 amide bonds. The van der Waals surface area contributed by atoms with Crippen molar-refractivity contribution < 1.29 is 18.7 Å². The molecule has 0 radical (unpaired) electrons. The van der Waals surface area contributed by atoms with Gasteiger partial charge in [-0.2, -0.15) is 0 Å². The largest absolute Gasteiger partial charge is 0.484 e. The summed E-state index contributed by atoms with van der Waals surface area (Å²) in [4.78, 5) is 27.4. The van der Waals surface area contributed by atoms with Crippen LogP contribution in [0, 0.1) is 12.7 Å². The van der Waals surface area contributed by atoms with E-state index in [0.29, 0.717) is 12.3 Å². The lowest BCUT2D eigenvalue weighted by molar-refractivity contribution is -0.142. The van der Waals surface area contributed by atoms with E-state index in [2.05, 4.69) is 5.32 Å². The maximum absolute atomic E-state index is 13.1. The molecule has 0 spiro atoms. The number of aryl methyl sites for hydroxylation is 1. The van der Waals surface area contributed by atoms with Crippen molar-refractivity contribution in [3.05, 3.63) is 65.5 Å². The van der Waals surface area contributed by atoms with E-state index in [1.54, 1.807) is 11.8 Å². The Bertz CT molecular complexity index is 863. The molecule has 0 saturated heterocycles. The van der Waals surface area contributed by atoms with Crippen molar-refractivity contribution in [2.75, 3.05) is 6.61 Å². The molecule has 0 heterocycles. The topological polar surface area (TPSA) is 58.6 Å². The molecule has 160 valence electrons. The van der Waals surface area contributed by atoms with Gasteiger partial charge in [-0.15, -0.1) is 0 Å². The summed E-state index contributed by atoms with van der Waals surface area (Å²) in [5.41, 5.74) is 2.03. The molecule has 0 bridgehead atoms. The molecule has 0 aromatic heterocycles. The molecular weight excluding hydrogens is 383 g/mol. The third-order valence-corrected chi connectivity index (χ3v) is 5.65. The zero-order chi connectivity index (χ0) is 21.5. The van der Waals surface area contributed by atoms with E-state index < -0.39 is 6.04 Å². The van der Waals surface area contributed by atoms with E-state index >= 15 is 0 Å². The third kappa shape index (κ3) is 5.81. The Hall–Kier alpha value is -2.89. The van der Waals surface area contributed by atoms with Gasteiger partial charge in [-0.3, -0.25) is 9.59 Å². The number of carbonyl (C=O) groups is 2. The highest BCUT2D eigenvalue weighted by Gasteiger charge is 2.29. The Morgan fingerprint density at radius 1 is 1.13 bits per heavy atom. The summed E-state index contributed by atoms with van der Waals surface area (Å²) in [6.45, 7) is 3.82. The Balaban J connectivity index is 1.71. The molecule has 3 rings (SSSR count). The van der Waals surface area contributed by atoms with Crippen molar-refractivity contribution in [1.82, 2.24) is 10.2 Å². The second kappa shape index (κ2) is 10.2. The van der Waals surface area contributed by atoms with Gasteiger partial charge in [-0.25, -0.2) is 4.39 Å². The fraction of sp³-hybridized carbons (Fsp3) is 0.417. The van der Waals surface area contributed by atoms with E-state index in [9.17, 15) is 14.0 Å². The predicted molar refractivity (Wildman–Crippen MR) is 113 cm³/mol. The van der Waals surface area contributed by atoms with Gasteiger partial charge < -0.3 is 15.0 Å². The fourth-order valence-electron chi connectivity index (χ4n) is 3.70. The molecular formula is C24H29FN2O3. The first-order chi connectivity index (χ1) is 14.4. The van der Waals surface area contributed by atoms with Gasteiger partial charge in [0.05, 0.1) is 0 Å². The van der Waals surface area contributed by atoms with Crippen molar-refractivity contribution in [3.63, 3.8) is 0 Å². The van der Waals surface area contributed by atoms with Gasteiger partial charge in [0.25, 0.3) is 5.91 Å². The Labute approximate surface area is 177 Å². The summed E-state index contributed by atoms with van der Waals surface area (Å²) >= 11 is 0. The molecule has 2 aromatic carbocycles. The number of nitrogens with zero attached hydrogens (tertiary/aromatic N) is 1. The summed E-state index contributed by atoms with van der Waals surface area (Å²) in [6, 6.07) is 12.9. The van der Waals surface area contributed by atoms with Crippen LogP contribution >= 0.6 is 0 Å². The quantitative estimate of drug-likeness (QED) is 0.713. The van der Waals surface area contributed by atoms with Crippen LogP contribution in [0.1, 0.15) is 43.7 Å². The van der Waals surface area contributed by atoms with Crippen LogP contribution in [0.2, 0.25) is 0 Å². The summed E-state index contributed by atoms with van der Waals surface area (Å²) in [6.07, 6.45) is 4.21. The summed E-state index contributed by atoms with van der Waals surface area (Å²) < 4.78 is 18.6. The van der Waals surface area contributed by atoms with Gasteiger partial charge in [-0.1, -0.05) is 37.1 Å². The summed E-state index contributed by atoms with van der Waals surface area (Å²) in [7, 11) is 0. The Kier molecular flexibility index (Phi) is 7.44.